The predicted molar refractivity (Wildman–Crippen MR) is 57.5 cm³/mol. The topological polar surface area (TPSA) is 49.5 Å². The van der Waals surface area contributed by atoms with E-state index in [0.717, 1.165) is 5.56 Å². The van der Waals surface area contributed by atoms with Crippen molar-refractivity contribution in [2.75, 3.05) is 25.1 Å². The maximum atomic E-state index is 13.5. The molecule has 0 radical (unpaired) electrons. The lowest BCUT2D eigenvalue weighted by atomic mass is 9.94. The monoisotopic (exact) mass is 210 g/mol. The van der Waals surface area contributed by atoms with Crippen molar-refractivity contribution in [1.29, 1.82) is 0 Å². The van der Waals surface area contributed by atoms with E-state index in [1.54, 1.807) is 6.07 Å². The summed E-state index contributed by atoms with van der Waals surface area (Å²) in [5.74, 6) is -0.201. The molecule has 15 heavy (non-hydrogen) atoms. The van der Waals surface area contributed by atoms with Gasteiger partial charge in [-0.3, -0.25) is 0 Å². The van der Waals surface area contributed by atoms with Crippen LogP contribution in [0.5, 0.6) is 0 Å². The Morgan fingerprint density at radius 3 is 3.07 bits per heavy atom. The average molecular weight is 210 g/mol. The number of para-hydroxylation sites is 1. The Bertz CT molecular complexity index is 370. The van der Waals surface area contributed by atoms with Crippen LogP contribution in [0.1, 0.15) is 11.5 Å². The highest BCUT2D eigenvalue weighted by atomic mass is 19.1. The molecule has 82 valence electrons. The van der Waals surface area contributed by atoms with Crippen LogP contribution in [0.25, 0.3) is 0 Å². The minimum Gasteiger partial charge on any atom is -0.395 e. The highest BCUT2D eigenvalue weighted by Gasteiger charge is 2.32. The molecular weight excluding hydrogens is 195 g/mol. The largest absolute Gasteiger partial charge is 0.395 e. The maximum absolute atomic E-state index is 13.5. The molecule has 0 amide bonds. The van der Waals surface area contributed by atoms with Gasteiger partial charge in [0.2, 0.25) is 0 Å². The van der Waals surface area contributed by atoms with Crippen molar-refractivity contribution in [2.24, 2.45) is 5.73 Å². The zero-order chi connectivity index (χ0) is 11.0. The molecule has 1 aliphatic rings. The van der Waals surface area contributed by atoms with Gasteiger partial charge in [-0.2, -0.15) is 0 Å². The first-order valence-corrected chi connectivity index (χ1v) is 5.01. The SMILES string of the molecule is CN1CC(C(N)CO)c2cccc(F)c21. The fourth-order valence-electron chi connectivity index (χ4n) is 2.21. The van der Waals surface area contributed by atoms with Crippen LogP contribution in [-0.4, -0.2) is 31.3 Å². The van der Waals surface area contributed by atoms with Gasteiger partial charge in [0.15, 0.2) is 0 Å². The number of likely N-dealkylation sites (N-methyl/N-ethyl adjacent to an activating group) is 1. The second-order valence-electron chi connectivity index (χ2n) is 4.01. The number of halogens is 1. The summed E-state index contributed by atoms with van der Waals surface area (Å²) in [7, 11) is 1.84. The van der Waals surface area contributed by atoms with Gasteiger partial charge in [-0.05, 0) is 11.6 Å². The molecule has 1 heterocycles. The van der Waals surface area contributed by atoms with E-state index in [9.17, 15) is 4.39 Å². The summed E-state index contributed by atoms with van der Waals surface area (Å²) in [5, 5.41) is 9.04. The Hall–Kier alpha value is -1.13. The van der Waals surface area contributed by atoms with Crippen molar-refractivity contribution in [2.45, 2.75) is 12.0 Å². The number of anilines is 1. The quantitative estimate of drug-likeness (QED) is 0.754. The minimum absolute atomic E-state index is 0.0192. The molecule has 0 saturated heterocycles. The third-order valence-corrected chi connectivity index (χ3v) is 3.00. The van der Waals surface area contributed by atoms with E-state index in [-0.39, 0.29) is 24.4 Å². The lowest BCUT2D eigenvalue weighted by Gasteiger charge is -2.17. The Labute approximate surface area is 88.3 Å². The lowest BCUT2D eigenvalue weighted by Crippen LogP contribution is -2.34. The zero-order valence-corrected chi connectivity index (χ0v) is 8.65. The van der Waals surface area contributed by atoms with Gasteiger partial charge < -0.3 is 15.7 Å². The molecule has 2 rings (SSSR count). The molecule has 0 aromatic heterocycles. The first kappa shape index (κ1) is 10.4. The first-order chi connectivity index (χ1) is 7.15. The average Bonchev–Trinajstić information content (AvgIpc) is 2.56. The lowest BCUT2D eigenvalue weighted by molar-refractivity contribution is 0.251. The van der Waals surface area contributed by atoms with Gasteiger partial charge >= 0.3 is 0 Å². The van der Waals surface area contributed by atoms with Gasteiger partial charge in [0.05, 0.1) is 12.3 Å². The van der Waals surface area contributed by atoms with E-state index in [1.807, 2.05) is 18.0 Å². The van der Waals surface area contributed by atoms with E-state index in [0.29, 0.717) is 12.2 Å². The van der Waals surface area contributed by atoms with Crippen LogP contribution in [0.2, 0.25) is 0 Å². The van der Waals surface area contributed by atoms with Gasteiger partial charge in [-0.25, -0.2) is 4.39 Å². The first-order valence-electron chi connectivity index (χ1n) is 5.01. The number of hydrogen-bond acceptors (Lipinski definition) is 3. The number of aliphatic hydroxyl groups excluding tert-OH is 1. The van der Waals surface area contributed by atoms with Crippen LogP contribution in [0.3, 0.4) is 0 Å². The molecule has 0 spiro atoms. The number of hydrogen-bond donors (Lipinski definition) is 2. The van der Waals surface area contributed by atoms with Crippen molar-refractivity contribution < 1.29 is 9.50 Å². The van der Waals surface area contributed by atoms with Gasteiger partial charge in [0, 0.05) is 25.6 Å². The van der Waals surface area contributed by atoms with Crippen molar-refractivity contribution in [3.8, 4) is 0 Å². The summed E-state index contributed by atoms with van der Waals surface area (Å²) in [6.45, 7) is 0.590. The Morgan fingerprint density at radius 1 is 1.67 bits per heavy atom. The number of fused-ring (bicyclic) bond motifs is 1. The molecule has 0 saturated carbocycles. The smallest absolute Gasteiger partial charge is 0.146 e. The fraction of sp³-hybridized carbons (Fsp3) is 0.455. The van der Waals surface area contributed by atoms with E-state index in [4.69, 9.17) is 10.8 Å². The fourth-order valence-corrected chi connectivity index (χ4v) is 2.21. The van der Waals surface area contributed by atoms with Crippen LogP contribution in [0, 0.1) is 5.82 Å². The van der Waals surface area contributed by atoms with E-state index in [2.05, 4.69) is 0 Å². The standard InChI is InChI=1S/C11H15FN2O/c1-14-5-8(10(13)6-15)7-3-2-4-9(12)11(7)14/h2-4,8,10,15H,5-6,13H2,1H3. The van der Waals surface area contributed by atoms with Crippen LogP contribution < -0.4 is 10.6 Å². The Balaban J connectivity index is 2.42. The maximum Gasteiger partial charge on any atom is 0.146 e. The second kappa shape index (κ2) is 3.79. The van der Waals surface area contributed by atoms with Crippen LogP contribution in [0.15, 0.2) is 18.2 Å². The van der Waals surface area contributed by atoms with Crippen LogP contribution in [0.4, 0.5) is 10.1 Å². The van der Waals surface area contributed by atoms with Crippen LogP contribution in [-0.2, 0) is 0 Å². The number of benzene rings is 1. The molecule has 2 unspecified atom stereocenters. The highest BCUT2D eigenvalue weighted by molar-refractivity contribution is 5.61. The third kappa shape index (κ3) is 1.60. The molecule has 2 atom stereocenters. The number of nitrogens with two attached hydrogens (primary N) is 1. The molecular formula is C11H15FN2O. The Kier molecular flexibility index (Phi) is 2.63. The van der Waals surface area contributed by atoms with Gasteiger partial charge in [0.1, 0.15) is 5.82 Å². The zero-order valence-electron chi connectivity index (χ0n) is 8.65. The number of rotatable bonds is 2. The predicted octanol–water partition coefficient (Wildman–Crippen LogP) is 0.679. The van der Waals surface area contributed by atoms with Crippen molar-refractivity contribution in [3.05, 3.63) is 29.6 Å². The Morgan fingerprint density at radius 2 is 2.40 bits per heavy atom. The van der Waals surface area contributed by atoms with Crippen molar-refractivity contribution >= 4 is 5.69 Å². The van der Waals surface area contributed by atoms with Crippen molar-refractivity contribution in [1.82, 2.24) is 0 Å². The van der Waals surface area contributed by atoms with Gasteiger partial charge in [-0.1, -0.05) is 12.1 Å². The molecule has 0 bridgehead atoms. The second-order valence-corrected chi connectivity index (χ2v) is 4.01. The number of nitrogens with zero attached hydrogens (tertiary/aromatic N) is 1. The normalized spacial score (nSPS) is 21.6. The number of aliphatic hydroxyl groups is 1. The summed E-state index contributed by atoms with van der Waals surface area (Å²) in [5.41, 5.74) is 7.33. The van der Waals surface area contributed by atoms with E-state index < -0.39 is 0 Å². The molecule has 4 heteroatoms. The summed E-state index contributed by atoms with van der Waals surface area (Å²) in [6, 6.07) is 4.69. The van der Waals surface area contributed by atoms with Crippen LogP contribution >= 0.6 is 0 Å². The molecule has 1 aromatic carbocycles. The summed E-state index contributed by atoms with van der Waals surface area (Å²) >= 11 is 0. The van der Waals surface area contributed by atoms with E-state index >= 15 is 0 Å². The summed E-state index contributed by atoms with van der Waals surface area (Å²) < 4.78 is 13.5. The minimum atomic E-state index is -0.324. The third-order valence-electron chi connectivity index (χ3n) is 3.00. The molecule has 1 aliphatic heterocycles. The van der Waals surface area contributed by atoms with E-state index in [1.165, 1.54) is 6.07 Å². The van der Waals surface area contributed by atoms with Gasteiger partial charge in [0.25, 0.3) is 0 Å². The summed E-state index contributed by atoms with van der Waals surface area (Å²) in [4.78, 5) is 1.85. The molecule has 3 nitrogen and oxygen atoms in total. The highest BCUT2D eigenvalue weighted by Crippen LogP contribution is 2.38. The van der Waals surface area contributed by atoms with Gasteiger partial charge in [-0.15, -0.1) is 0 Å². The van der Waals surface area contributed by atoms with Crippen molar-refractivity contribution in [3.63, 3.8) is 0 Å². The molecule has 0 aliphatic carbocycles. The molecule has 1 aromatic rings. The molecule has 0 fully saturated rings. The summed E-state index contributed by atoms with van der Waals surface area (Å²) in [6.07, 6.45) is 0. The molecule has 3 N–H and O–H groups in total.